The number of halogens is 3. The minimum Gasteiger partial charge on any atom is -0.452 e. The van der Waals surface area contributed by atoms with E-state index in [-0.39, 0.29) is 11.3 Å². The Bertz CT molecular complexity index is 1820. The summed E-state index contributed by atoms with van der Waals surface area (Å²) in [6.45, 7) is 2.73. The number of aromatic nitrogens is 3. The second kappa shape index (κ2) is 12.1. The van der Waals surface area contributed by atoms with Crippen molar-refractivity contribution in [3.8, 4) is 16.3 Å². The smallest absolute Gasteiger partial charge is 0.416 e. The molecular formula is C31H26F3N5O4S. The zero-order chi connectivity index (χ0) is 30.8. The Hall–Kier alpha value is -4.75. The maximum absolute atomic E-state index is 13.5. The standard InChI is InChI=1S/C31H26F3N5O4S/c1-19-28-22(17-24(26-8-5-15-44-26)36-29(28)39(37-19)21-6-3-2-4-7-21)30(41)43-18-27(40)35-23-16-20(31(32,33)34)9-10-25(23)38-11-13-42-14-12-38/h2-10,15-17H,11-14,18H2,1H3,(H,35,40). The molecule has 6 rings (SSSR count). The average Bonchev–Trinajstić information content (AvgIpc) is 3.68. The molecule has 13 heteroatoms. The van der Waals surface area contributed by atoms with E-state index in [0.717, 1.165) is 22.7 Å². The van der Waals surface area contributed by atoms with Crippen LogP contribution in [0, 0.1) is 6.92 Å². The molecular weight excluding hydrogens is 595 g/mol. The highest BCUT2D eigenvalue weighted by Gasteiger charge is 2.32. The van der Waals surface area contributed by atoms with Crippen molar-refractivity contribution in [3.63, 3.8) is 0 Å². The number of hydrogen-bond acceptors (Lipinski definition) is 8. The van der Waals surface area contributed by atoms with Gasteiger partial charge in [0.1, 0.15) is 0 Å². The van der Waals surface area contributed by atoms with E-state index >= 15 is 0 Å². The summed E-state index contributed by atoms with van der Waals surface area (Å²) in [5.41, 5.74) is 1.89. The van der Waals surface area contributed by atoms with E-state index in [9.17, 15) is 22.8 Å². The summed E-state index contributed by atoms with van der Waals surface area (Å²) in [6, 6.07) is 17.9. The lowest BCUT2D eigenvalue weighted by Gasteiger charge is -2.31. The Morgan fingerprint density at radius 1 is 1.05 bits per heavy atom. The molecule has 1 fully saturated rings. The van der Waals surface area contributed by atoms with Crippen LogP contribution >= 0.6 is 11.3 Å². The molecule has 0 bridgehead atoms. The van der Waals surface area contributed by atoms with Gasteiger partial charge in [-0.15, -0.1) is 11.3 Å². The van der Waals surface area contributed by atoms with Gasteiger partial charge in [0.25, 0.3) is 5.91 Å². The Balaban J connectivity index is 1.28. The number of rotatable bonds is 7. The molecule has 0 aliphatic carbocycles. The zero-order valence-electron chi connectivity index (χ0n) is 23.4. The number of hydrogen-bond donors (Lipinski definition) is 1. The van der Waals surface area contributed by atoms with Gasteiger partial charge < -0.3 is 19.7 Å². The van der Waals surface area contributed by atoms with Gasteiger partial charge in [0.15, 0.2) is 12.3 Å². The number of carbonyl (C=O) groups excluding carboxylic acids is 2. The number of anilines is 2. The molecule has 226 valence electrons. The van der Waals surface area contributed by atoms with Crippen LogP contribution in [0.3, 0.4) is 0 Å². The summed E-state index contributed by atoms with van der Waals surface area (Å²) in [5.74, 6) is -1.58. The predicted molar refractivity (Wildman–Crippen MR) is 160 cm³/mol. The molecule has 1 N–H and O–H groups in total. The number of thiophene rings is 1. The average molecular weight is 622 g/mol. The molecule has 44 heavy (non-hydrogen) atoms. The van der Waals surface area contributed by atoms with E-state index in [0.29, 0.717) is 54.4 Å². The topological polar surface area (TPSA) is 98.6 Å². The van der Waals surface area contributed by atoms with Gasteiger partial charge in [0.05, 0.1) is 63.1 Å². The van der Waals surface area contributed by atoms with Gasteiger partial charge in [-0.25, -0.2) is 14.5 Å². The van der Waals surface area contributed by atoms with Gasteiger partial charge in [0.2, 0.25) is 0 Å². The maximum atomic E-state index is 13.5. The number of amides is 1. The van der Waals surface area contributed by atoms with Crippen LogP contribution in [-0.4, -0.2) is 59.6 Å². The fraction of sp³-hybridized carbons (Fsp3) is 0.226. The third-order valence-electron chi connectivity index (χ3n) is 7.09. The minimum absolute atomic E-state index is 0.0333. The molecule has 4 heterocycles. The molecule has 1 saturated heterocycles. The van der Waals surface area contributed by atoms with Crippen molar-refractivity contribution in [2.75, 3.05) is 43.1 Å². The monoisotopic (exact) mass is 621 g/mol. The second-order valence-electron chi connectivity index (χ2n) is 10.0. The summed E-state index contributed by atoms with van der Waals surface area (Å²) < 4.78 is 52.9. The largest absolute Gasteiger partial charge is 0.452 e. The number of para-hydroxylation sites is 1. The maximum Gasteiger partial charge on any atom is 0.416 e. The molecule has 1 amide bonds. The summed E-state index contributed by atoms with van der Waals surface area (Å²) in [6.07, 6.45) is -4.61. The number of pyridine rings is 1. The molecule has 0 saturated carbocycles. The highest BCUT2D eigenvalue weighted by molar-refractivity contribution is 7.13. The number of esters is 1. The van der Waals surface area contributed by atoms with Crippen LogP contribution in [0.2, 0.25) is 0 Å². The molecule has 0 radical (unpaired) electrons. The van der Waals surface area contributed by atoms with Crippen molar-refractivity contribution in [1.29, 1.82) is 0 Å². The minimum atomic E-state index is -4.61. The van der Waals surface area contributed by atoms with Crippen LogP contribution in [0.1, 0.15) is 21.6 Å². The molecule has 2 aromatic carbocycles. The zero-order valence-corrected chi connectivity index (χ0v) is 24.2. The van der Waals surface area contributed by atoms with Crippen LogP contribution in [-0.2, 0) is 20.4 Å². The summed E-state index contributed by atoms with van der Waals surface area (Å²) in [7, 11) is 0. The quantitative estimate of drug-likeness (QED) is 0.219. The first-order chi connectivity index (χ1) is 21.2. The fourth-order valence-electron chi connectivity index (χ4n) is 5.04. The summed E-state index contributed by atoms with van der Waals surface area (Å²) in [5, 5.41) is 9.49. The number of carbonyl (C=O) groups is 2. The molecule has 0 unspecified atom stereocenters. The molecule has 5 aromatic rings. The van der Waals surface area contributed by atoms with Crippen LogP contribution in [0.25, 0.3) is 27.3 Å². The lowest BCUT2D eigenvalue weighted by molar-refractivity contribution is -0.137. The highest BCUT2D eigenvalue weighted by Crippen LogP contribution is 2.36. The first kappa shape index (κ1) is 29.3. The van der Waals surface area contributed by atoms with Crippen molar-refractivity contribution in [2.45, 2.75) is 13.1 Å². The van der Waals surface area contributed by atoms with E-state index in [1.807, 2.05) is 52.7 Å². The van der Waals surface area contributed by atoms with E-state index in [4.69, 9.17) is 14.5 Å². The van der Waals surface area contributed by atoms with E-state index < -0.39 is 30.2 Å². The van der Waals surface area contributed by atoms with Gasteiger partial charge in [-0.2, -0.15) is 18.3 Å². The number of benzene rings is 2. The van der Waals surface area contributed by atoms with Crippen molar-refractivity contribution in [1.82, 2.24) is 14.8 Å². The van der Waals surface area contributed by atoms with Crippen LogP contribution in [0.15, 0.2) is 72.1 Å². The van der Waals surface area contributed by atoms with Gasteiger partial charge in [0, 0.05) is 13.1 Å². The van der Waals surface area contributed by atoms with Gasteiger partial charge in [-0.1, -0.05) is 24.3 Å². The first-order valence-electron chi connectivity index (χ1n) is 13.7. The van der Waals surface area contributed by atoms with Gasteiger partial charge in [-0.3, -0.25) is 4.79 Å². The van der Waals surface area contributed by atoms with E-state index in [1.165, 1.54) is 17.4 Å². The molecule has 9 nitrogen and oxygen atoms in total. The fourth-order valence-corrected chi connectivity index (χ4v) is 5.72. The Kier molecular flexibility index (Phi) is 8.06. The molecule has 0 atom stereocenters. The van der Waals surface area contributed by atoms with Crippen molar-refractivity contribution in [2.24, 2.45) is 0 Å². The Morgan fingerprint density at radius 2 is 1.82 bits per heavy atom. The van der Waals surface area contributed by atoms with Crippen molar-refractivity contribution < 1.29 is 32.2 Å². The van der Waals surface area contributed by atoms with E-state index in [1.54, 1.807) is 17.7 Å². The number of ether oxygens (including phenoxy) is 2. The number of fused-ring (bicyclic) bond motifs is 1. The van der Waals surface area contributed by atoms with Crippen molar-refractivity contribution >= 4 is 45.6 Å². The highest BCUT2D eigenvalue weighted by atomic mass is 32.1. The number of morpholine rings is 1. The first-order valence-corrected chi connectivity index (χ1v) is 14.6. The number of nitrogens with one attached hydrogen (secondary N) is 1. The Morgan fingerprint density at radius 3 is 2.52 bits per heavy atom. The van der Waals surface area contributed by atoms with Crippen LogP contribution < -0.4 is 10.2 Å². The predicted octanol–water partition coefficient (Wildman–Crippen LogP) is 6.11. The van der Waals surface area contributed by atoms with Gasteiger partial charge in [-0.05, 0) is 54.8 Å². The molecule has 1 aliphatic heterocycles. The number of aryl methyl sites for hydroxylation is 1. The normalized spacial score (nSPS) is 13.7. The van der Waals surface area contributed by atoms with Crippen LogP contribution in [0.4, 0.5) is 24.5 Å². The molecule has 3 aromatic heterocycles. The SMILES string of the molecule is Cc1nn(-c2ccccc2)c2nc(-c3cccs3)cc(C(=O)OCC(=O)Nc3cc(C(F)(F)F)ccc3N3CCOCC3)c12. The number of nitrogens with zero attached hydrogens (tertiary/aromatic N) is 4. The number of alkyl halides is 3. The molecule has 0 spiro atoms. The third kappa shape index (κ3) is 6.01. The third-order valence-corrected chi connectivity index (χ3v) is 7.98. The van der Waals surface area contributed by atoms with Gasteiger partial charge >= 0.3 is 12.1 Å². The summed E-state index contributed by atoms with van der Waals surface area (Å²) in [4.78, 5) is 33.9. The Labute approximate surface area is 253 Å². The van der Waals surface area contributed by atoms with Crippen molar-refractivity contribution in [3.05, 3.63) is 88.9 Å². The van der Waals surface area contributed by atoms with E-state index in [2.05, 4.69) is 10.4 Å². The van der Waals surface area contributed by atoms with Crippen LogP contribution in [0.5, 0.6) is 0 Å². The lowest BCUT2D eigenvalue weighted by Crippen LogP contribution is -2.37. The lowest BCUT2D eigenvalue weighted by atomic mass is 10.1. The summed E-state index contributed by atoms with van der Waals surface area (Å²) >= 11 is 1.45. The molecule has 1 aliphatic rings. The second-order valence-corrected chi connectivity index (χ2v) is 11.0.